The normalized spacial score (nSPS) is 22.5. The molecule has 2 atom stereocenters. The van der Waals surface area contributed by atoms with Crippen LogP contribution in [0.1, 0.15) is 67.5 Å². The lowest BCUT2D eigenvalue weighted by Crippen LogP contribution is -2.58. The van der Waals surface area contributed by atoms with Crippen molar-refractivity contribution in [1.82, 2.24) is 25.7 Å². The lowest BCUT2D eigenvalue weighted by Gasteiger charge is -2.43. The Labute approximate surface area is 239 Å². The van der Waals surface area contributed by atoms with Gasteiger partial charge < -0.3 is 15.2 Å². The molecule has 6 rings (SSSR count). The van der Waals surface area contributed by atoms with Gasteiger partial charge >= 0.3 is 0 Å². The number of hydrogen-bond acceptors (Lipinski definition) is 6. The Balaban J connectivity index is 1.20. The summed E-state index contributed by atoms with van der Waals surface area (Å²) in [5.74, 6) is -5.78. The Hall–Kier alpha value is -3.80. The van der Waals surface area contributed by atoms with E-state index in [1.54, 1.807) is 6.07 Å². The number of nitrogens with one attached hydrogen (secondary N) is 2. The average Bonchev–Trinajstić information content (AvgIpc) is 3.58. The van der Waals surface area contributed by atoms with Gasteiger partial charge in [0.25, 0.3) is 5.91 Å². The van der Waals surface area contributed by atoms with Gasteiger partial charge in [-0.05, 0) is 44.2 Å². The molecule has 3 fully saturated rings. The van der Waals surface area contributed by atoms with Crippen molar-refractivity contribution in [3.63, 3.8) is 0 Å². The Morgan fingerprint density at radius 2 is 1.69 bits per heavy atom. The first-order chi connectivity index (χ1) is 20.2. The van der Waals surface area contributed by atoms with E-state index in [0.717, 1.165) is 37.9 Å². The monoisotopic (exact) mass is 585 g/mol. The Morgan fingerprint density at radius 3 is 2.36 bits per heavy atom. The van der Waals surface area contributed by atoms with E-state index >= 15 is 0 Å². The molecule has 222 valence electrons. The number of nitrogens with zero attached hydrogens (tertiary/aromatic N) is 3. The summed E-state index contributed by atoms with van der Waals surface area (Å²) in [6, 6.07) is 4.83. The fraction of sp³-hybridized carbons (Fsp3) is 0.467. The summed E-state index contributed by atoms with van der Waals surface area (Å²) < 4.78 is 60.4. The van der Waals surface area contributed by atoms with Gasteiger partial charge in [0.1, 0.15) is 23.3 Å². The van der Waals surface area contributed by atoms with Crippen LogP contribution in [0.3, 0.4) is 0 Å². The third kappa shape index (κ3) is 5.77. The SMILES string of the molecule is O=C(N[C@@H]1CCN(C2CCCCC2)C[C@H]1C(=O)NC1(c2ccc(F)cn2)CC1)c1cc(-c2c(F)cc(F)cc2F)on1. The lowest BCUT2D eigenvalue weighted by molar-refractivity contribution is -0.129. The maximum atomic E-state index is 14.3. The summed E-state index contributed by atoms with van der Waals surface area (Å²) in [5.41, 5.74) is -0.939. The van der Waals surface area contributed by atoms with Gasteiger partial charge in [-0.2, -0.15) is 0 Å². The number of likely N-dealkylation sites (tertiary alicyclic amines) is 1. The largest absolute Gasteiger partial charge is 0.355 e. The highest BCUT2D eigenvalue weighted by molar-refractivity contribution is 5.94. The quantitative estimate of drug-likeness (QED) is 0.385. The third-order valence-corrected chi connectivity index (χ3v) is 8.71. The number of halogens is 4. The molecule has 1 aliphatic heterocycles. The van der Waals surface area contributed by atoms with Crippen molar-refractivity contribution in [2.24, 2.45) is 5.92 Å². The standard InChI is InChI=1S/C30H31F4N5O3/c31-17-6-7-26(35-15-17)30(9-10-30)37-28(40)20-16-39(19-4-2-1-3-5-19)11-8-23(20)36-29(41)24-14-25(42-38-24)27-21(33)12-18(32)13-22(27)34/h6-7,12-15,19-20,23H,1-5,8-11,16H2,(H,36,41)(H,37,40)/t20-,23-/m1/s1. The van der Waals surface area contributed by atoms with E-state index < -0.39 is 52.2 Å². The summed E-state index contributed by atoms with van der Waals surface area (Å²) in [7, 11) is 0. The first kappa shape index (κ1) is 28.3. The summed E-state index contributed by atoms with van der Waals surface area (Å²) in [6.07, 6.45) is 8.59. The van der Waals surface area contributed by atoms with Gasteiger partial charge in [-0.15, -0.1) is 0 Å². The second-order valence-electron chi connectivity index (χ2n) is 11.5. The van der Waals surface area contributed by atoms with Crippen LogP contribution in [0.4, 0.5) is 17.6 Å². The number of hydrogen-bond donors (Lipinski definition) is 2. The molecule has 2 aromatic heterocycles. The molecule has 0 bridgehead atoms. The van der Waals surface area contributed by atoms with E-state index in [1.165, 1.54) is 12.5 Å². The number of carbonyl (C=O) groups excluding carboxylic acids is 2. The zero-order valence-corrected chi connectivity index (χ0v) is 22.8. The number of piperidine rings is 1. The lowest BCUT2D eigenvalue weighted by atomic mass is 9.86. The van der Waals surface area contributed by atoms with Crippen molar-refractivity contribution >= 4 is 11.8 Å². The predicted octanol–water partition coefficient (Wildman–Crippen LogP) is 4.85. The van der Waals surface area contributed by atoms with Crippen LogP contribution in [-0.4, -0.2) is 52.0 Å². The number of carbonyl (C=O) groups is 2. The number of rotatable bonds is 7. The minimum Gasteiger partial charge on any atom is -0.355 e. The number of benzene rings is 1. The second kappa shape index (κ2) is 11.5. The second-order valence-corrected chi connectivity index (χ2v) is 11.5. The van der Waals surface area contributed by atoms with E-state index in [4.69, 9.17) is 4.52 Å². The Kier molecular flexibility index (Phi) is 7.73. The van der Waals surface area contributed by atoms with Gasteiger partial charge in [-0.3, -0.25) is 19.5 Å². The van der Waals surface area contributed by atoms with Crippen LogP contribution in [0.25, 0.3) is 11.3 Å². The molecule has 2 N–H and O–H groups in total. The summed E-state index contributed by atoms with van der Waals surface area (Å²) in [6.45, 7) is 1.14. The van der Waals surface area contributed by atoms with Gasteiger partial charge in [0.15, 0.2) is 11.5 Å². The molecule has 1 saturated heterocycles. The number of pyridine rings is 1. The van der Waals surface area contributed by atoms with E-state index in [1.807, 2.05) is 0 Å². The third-order valence-electron chi connectivity index (χ3n) is 8.71. The topological polar surface area (TPSA) is 100 Å². The first-order valence-electron chi connectivity index (χ1n) is 14.3. The van der Waals surface area contributed by atoms with Crippen molar-refractivity contribution in [3.05, 3.63) is 71.2 Å². The average molecular weight is 586 g/mol. The van der Waals surface area contributed by atoms with Crippen molar-refractivity contribution in [2.75, 3.05) is 13.1 Å². The van der Waals surface area contributed by atoms with Crippen LogP contribution in [0, 0.1) is 29.2 Å². The minimum atomic E-state index is -1.19. The molecule has 42 heavy (non-hydrogen) atoms. The Bertz CT molecular complexity index is 1450. The molecular weight excluding hydrogens is 554 g/mol. The smallest absolute Gasteiger partial charge is 0.273 e. The van der Waals surface area contributed by atoms with Crippen LogP contribution in [-0.2, 0) is 10.3 Å². The van der Waals surface area contributed by atoms with Crippen molar-refractivity contribution in [1.29, 1.82) is 0 Å². The summed E-state index contributed by atoms with van der Waals surface area (Å²) in [5, 5.41) is 9.69. The van der Waals surface area contributed by atoms with Crippen molar-refractivity contribution in [2.45, 2.75) is 69.0 Å². The molecule has 2 saturated carbocycles. The van der Waals surface area contributed by atoms with E-state index in [0.29, 0.717) is 56.2 Å². The predicted molar refractivity (Wildman–Crippen MR) is 143 cm³/mol. The van der Waals surface area contributed by atoms with Crippen LogP contribution in [0.2, 0.25) is 0 Å². The first-order valence-corrected chi connectivity index (χ1v) is 14.3. The molecule has 2 amide bonds. The molecule has 2 aliphatic carbocycles. The summed E-state index contributed by atoms with van der Waals surface area (Å²) >= 11 is 0. The molecule has 0 unspecified atom stereocenters. The van der Waals surface area contributed by atoms with Gasteiger partial charge in [0.2, 0.25) is 5.91 Å². The highest BCUT2D eigenvalue weighted by Gasteiger charge is 2.49. The van der Waals surface area contributed by atoms with E-state index in [-0.39, 0.29) is 17.4 Å². The minimum absolute atomic E-state index is 0.226. The van der Waals surface area contributed by atoms with E-state index in [9.17, 15) is 27.2 Å². The number of aromatic nitrogens is 2. The molecule has 0 spiro atoms. The van der Waals surface area contributed by atoms with Crippen LogP contribution in [0.15, 0.2) is 41.1 Å². The molecular formula is C30H31F4N5O3. The van der Waals surface area contributed by atoms with Crippen LogP contribution >= 0.6 is 0 Å². The zero-order chi connectivity index (χ0) is 29.4. The molecule has 3 aromatic rings. The van der Waals surface area contributed by atoms with Crippen LogP contribution in [0.5, 0.6) is 0 Å². The van der Waals surface area contributed by atoms with Gasteiger partial charge in [-0.25, -0.2) is 17.6 Å². The molecule has 3 aliphatic rings. The maximum absolute atomic E-state index is 14.3. The maximum Gasteiger partial charge on any atom is 0.273 e. The fourth-order valence-electron chi connectivity index (χ4n) is 6.27. The van der Waals surface area contributed by atoms with Gasteiger partial charge in [0, 0.05) is 43.4 Å². The highest BCUT2D eigenvalue weighted by atomic mass is 19.1. The highest BCUT2D eigenvalue weighted by Crippen LogP contribution is 2.45. The van der Waals surface area contributed by atoms with Crippen LogP contribution < -0.4 is 10.6 Å². The summed E-state index contributed by atoms with van der Waals surface area (Å²) in [4.78, 5) is 33.5. The Morgan fingerprint density at radius 1 is 0.952 bits per heavy atom. The van der Waals surface area contributed by atoms with Gasteiger partial charge in [-0.1, -0.05) is 24.4 Å². The van der Waals surface area contributed by atoms with E-state index in [2.05, 4.69) is 25.7 Å². The number of amides is 2. The van der Waals surface area contributed by atoms with Gasteiger partial charge in [0.05, 0.1) is 28.9 Å². The van der Waals surface area contributed by atoms with Crippen molar-refractivity contribution < 1.29 is 31.7 Å². The molecule has 12 heteroatoms. The fourth-order valence-corrected chi connectivity index (χ4v) is 6.27. The van der Waals surface area contributed by atoms with Crippen molar-refractivity contribution in [3.8, 4) is 11.3 Å². The molecule has 8 nitrogen and oxygen atoms in total. The molecule has 1 aromatic carbocycles. The molecule has 0 radical (unpaired) electrons. The molecule has 3 heterocycles. The zero-order valence-electron chi connectivity index (χ0n) is 22.8.